The quantitative estimate of drug-likeness (QED) is 0.619. The number of rotatable bonds is 5. The van der Waals surface area contributed by atoms with Crippen molar-refractivity contribution in [1.82, 2.24) is 15.1 Å². The number of carbonyl (C=O) groups excluding carboxylic acids is 2. The molecule has 1 aromatic carbocycles. The van der Waals surface area contributed by atoms with Gasteiger partial charge in [-0.1, -0.05) is 29.8 Å². The molecule has 0 bridgehead atoms. The fourth-order valence-electron chi connectivity index (χ4n) is 3.80. The van der Waals surface area contributed by atoms with E-state index in [1.807, 2.05) is 25.1 Å². The zero-order chi connectivity index (χ0) is 22.0. The zero-order valence-electron chi connectivity index (χ0n) is 17.5. The lowest BCUT2D eigenvalue weighted by atomic mass is 10.0. The van der Waals surface area contributed by atoms with Gasteiger partial charge in [0.05, 0.1) is 7.11 Å². The van der Waals surface area contributed by atoms with Gasteiger partial charge in [-0.3, -0.25) is 4.90 Å². The van der Waals surface area contributed by atoms with Crippen molar-refractivity contribution in [2.24, 2.45) is 0 Å². The van der Waals surface area contributed by atoms with Gasteiger partial charge in [-0.15, -0.1) is 10.2 Å². The summed E-state index contributed by atoms with van der Waals surface area (Å²) in [6, 6.07) is 6.68. The number of aryl methyl sites for hydroxylation is 1. The number of likely N-dealkylation sites (tertiary alicyclic amines) is 1. The second-order valence-electron chi connectivity index (χ2n) is 7.80. The Morgan fingerprint density at radius 1 is 1.16 bits per heavy atom. The molecular formula is C22H24ClN3O5. The number of hydrogen-bond donors (Lipinski definition) is 0. The van der Waals surface area contributed by atoms with Crippen molar-refractivity contribution in [3.8, 4) is 17.4 Å². The number of halogens is 1. The number of hydrogen-bond acceptors (Lipinski definition) is 7. The van der Waals surface area contributed by atoms with Gasteiger partial charge in [0.15, 0.2) is 10.9 Å². The average molecular weight is 446 g/mol. The summed E-state index contributed by atoms with van der Waals surface area (Å²) in [5.74, 6) is 0.761. The summed E-state index contributed by atoms with van der Waals surface area (Å²) in [5, 5.41) is 7.92. The third kappa shape index (κ3) is 4.74. The van der Waals surface area contributed by atoms with E-state index in [1.165, 1.54) is 18.1 Å². The minimum absolute atomic E-state index is 0.0422. The molecule has 1 saturated heterocycles. The van der Waals surface area contributed by atoms with Crippen molar-refractivity contribution in [3.05, 3.63) is 40.5 Å². The molecule has 0 N–H and O–H groups in total. The third-order valence-corrected chi connectivity index (χ3v) is 5.75. The molecule has 9 heteroatoms. The van der Waals surface area contributed by atoms with Crippen LogP contribution in [0, 0.1) is 6.92 Å². The smallest absolute Gasteiger partial charge is 0.416 e. The number of amides is 1. The van der Waals surface area contributed by atoms with Crippen molar-refractivity contribution in [1.29, 1.82) is 0 Å². The van der Waals surface area contributed by atoms with Crippen LogP contribution in [-0.2, 0) is 9.53 Å². The molecule has 1 atom stereocenters. The highest BCUT2D eigenvalue weighted by molar-refractivity contribution is 6.29. The van der Waals surface area contributed by atoms with Gasteiger partial charge in [-0.2, -0.15) is 0 Å². The number of ether oxygens (including phenoxy) is 3. The van der Waals surface area contributed by atoms with Crippen LogP contribution in [0.4, 0.5) is 4.79 Å². The first-order chi connectivity index (χ1) is 15.0. The Kier molecular flexibility index (Phi) is 6.27. The number of para-hydroxylation sites is 1. The molecule has 2 heterocycles. The summed E-state index contributed by atoms with van der Waals surface area (Å²) in [6.45, 7) is 2.34. The molecule has 1 unspecified atom stereocenters. The molecule has 1 aliphatic carbocycles. The maximum absolute atomic E-state index is 12.9. The molecule has 0 spiro atoms. The van der Waals surface area contributed by atoms with Crippen molar-refractivity contribution >= 4 is 23.7 Å². The summed E-state index contributed by atoms with van der Waals surface area (Å²) in [6.07, 6.45) is 3.66. The molecule has 31 heavy (non-hydrogen) atoms. The SMILES string of the molecule is COC(=O)C1CCCCN1C(=O)Oc1cc(Cl)nnc1Oc1c(C)cccc1C1CC1. The van der Waals surface area contributed by atoms with Crippen LogP contribution in [0.5, 0.6) is 17.4 Å². The van der Waals surface area contributed by atoms with Crippen molar-refractivity contribution in [2.45, 2.75) is 51.0 Å². The number of piperidine rings is 1. The second-order valence-corrected chi connectivity index (χ2v) is 8.19. The number of aromatic nitrogens is 2. The van der Waals surface area contributed by atoms with Gasteiger partial charge in [0.2, 0.25) is 0 Å². The number of nitrogens with zero attached hydrogens (tertiary/aromatic N) is 3. The predicted octanol–water partition coefficient (Wildman–Crippen LogP) is 4.63. The van der Waals surface area contributed by atoms with Gasteiger partial charge in [0.1, 0.15) is 11.8 Å². The van der Waals surface area contributed by atoms with Crippen molar-refractivity contribution in [3.63, 3.8) is 0 Å². The Balaban J connectivity index is 1.59. The fraction of sp³-hybridized carbons (Fsp3) is 0.455. The summed E-state index contributed by atoms with van der Waals surface area (Å²) >= 11 is 6.01. The van der Waals surface area contributed by atoms with E-state index in [9.17, 15) is 9.59 Å². The summed E-state index contributed by atoms with van der Waals surface area (Å²) in [4.78, 5) is 26.4. The van der Waals surface area contributed by atoms with Crippen molar-refractivity contribution in [2.75, 3.05) is 13.7 Å². The van der Waals surface area contributed by atoms with E-state index in [1.54, 1.807) is 0 Å². The average Bonchev–Trinajstić information content (AvgIpc) is 3.61. The van der Waals surface area contributed by atoms with Gasteiger partial charge in [-0.05, 0) is 56.1 Å². The molecule has 2 aliphatic rings. The van der Waals surface area contributed by atoms with Crippen LogP contribution >= 0.6 is 11.6 Å². The van der Waals surface area contributed by atoms with E-state index in [0.29, 0.717) is 24.6 Å². The largest absolute Gasteiger partial charge is 0.467 e. The van der Waals surface area contributed by atoms with Crippen LogP contribution in [-0.4, -0.2) is 46.9 Å². The lowest BCUT2D eigenvalue weighted by Gasteiger charge is -2.32. The first kappa shape index (κ1) is 21.4. The number of carbonyl (C=O) groups is 2. The van der Waals surface area contributed by atoms with E-state index in [2.05, 4.69) is 10.2 Å². The van der Waals surface area contributed by atoms with E-state index in [0.717, 1.165) is 36.8 Å². The number of benzene rings is 1. The van der Waals surface area contributed by atoms with Crippen LogP contribution in [0.3, 0.4) is 0 Å². The van der Waals surface area contributed by atoms with Crippen LogP contribution in [0.2, 0.25) is 5.15 Å². The van der Waals surface area contributed by atoms with Gasteiger partial charge < -0.3 is 14.2 Å². The normalized spacial score (nSPS) is 18.4. The van der Waals surface area contributed by atoms with Crippen LogP contribution in [0.25, 0.3) is 0 Å². The monoisotopic (exact) mass is 445 g/mol. The van der Waals surface area contributed by atoms with E-state index < -0.39 is 18.1 Å². The topological polar surface area (TPSA) is 90.9 Å². The highest BCUT2D eigenvalue weighted by Gasteiger charge is 2.35. The maximum Gasteiger partial charge on any atom is 0.416 e. The molecule has 2 fully saturated rings. The van der Waals surface area contributed by atoms with E-state index >= 15 is 0 Å². The van der Waals surface area contributed by atoms with Gasteiger partial charge in [0, 0.05) is 12.6 Å². The molecule has 164 valence electrons. The molecule has 1 aromatic heterocycles. The van der Waals surface area contributed by atoms with E-state index in [4.69, 9.17) is 25.8 Å². The van der Waals surface area contributed by atoms with Crippen LogP contribution < -0.4 is 9.47 Å². The minimum Gasteiger partial charge on any atom is -0.467 e. The highest BCUT2D eigenvalue weighted by atomic mass is 35.5. The Morgan fingerprint density at radius 3 is 2.71 bits per heavy atom. The Bertz CT molecular complexity index is 995. The predicted molar refractivity (Wildman–Crippen MR) is 113 cm³/mol. The molecule has 1 amide bonds. The third-order valence-electron chi connectivity index (χ3n) is 5.56. The Morgan fingerprint density at radius 2 is 1.97 bits per heavy atom. The number of esters is 1. The molecule has 4 rings (SSSR count). The summed E-state index contributed by atoms with van der Waals surface area (Å²) < 4.78 is 16.5. The fourth-order valence-corrected chi connectivity index (χ4v) is 3.93. The number of methoxy groups -OCH3 is 1. The molecule has 0 radical (unpaired) electrons. The summed E-state index contributed by atoms with van der Waals surface area (Å²) in [5.41, 5.74) is 2.04. The highest BCUT2D eigenvalue weighted by Crippen LogP contribution is 2.47. The molecule has 8 nitrogen and oxygen atoms in total. The molecular weight excluding hydrogens is 422 g/mol. The first-order valence-electron chi connectivity index (χ1n) is 10.3. The first-order valence-corrected chi connectivity index (χ1v) is 10.7. The lowest BCUT2D eigenvalue weighted by molar-refractivity contribution is -0.147. The van der Waals surface area contributed by atoms with Gasteiger partial charge in [-0.25, -0.2) is 9.59 Å². The maximum atomic E-state index is 12.9. The molecule has 2 aromatic rings. The van der Waals surface area contributed by atoms with Crippen molar-refractivity contribution < 1.29 is 23.8 Å². The molecule has 1 aliphatic heterocycles. The second kappa shape index (κ2) is 9.09. The Labute approximate surface area is 185 Å². The van der Waals surface area contributed by atoms with Gasteiger partial charge in [0.25, 0.3) is 5.88 Å². The minimum atomic E-state index is -0.684. The Hall–Kier alpha value is -2.87. The van der Waals surface area contributed by atoms with E-state index in [-0.39, 0.29) is 16.8 Å². The van der Waals surface area contributed by atoms with Crippen LogP contribution in [0.15, 0.2) is 24.3 Å². The standard InChI is InChI=1S/C22H24ClN3O5/c1-13-6-5-7-15(14-9-10-14)19(13)31-20-17(12-18(23)24-25-20)30-22(28)26-11-4-3-8-16(26)21(27)29-2/h5-7,12,14,16H,3-4,8-11H2,1-2H3. The molecule has 1 saturated carbocycles. The van der Waals surface area contributed by atoms with Gasteiger partial charge >= 0.3 is 12.1 Å². The van der Waals surface area contributed by atoms with Crippen LogP contribution in [0.1, 0.15) is 49.1 Å². The lowest BCUT2D eigenvalue weighted by Crippen LogP contribution is -2.49. The zero-order valence-corrected chi connectivity index (χ0v) is 18.2. The summed E-state index contributed by atoms with van der Waals surface area (Å²) in [7, 11) is 1.30.